The summed E-state index contributed by atoms with van der Waals surface area (Å²) in [6.07, 6.45) is 5.51. The highest BCUT2D eigenvalue weighted by Gasteiger charge is 2.18. The first-order valence-corrected chi connectivity index (χ1v) is 8.24. The van der Waals surface area contributed by atoms with E-state index < -0.39 is 0 Å². The Hall–Kier alpha value is -2.93. The van der Waals surface area contributed by atoms with Crippen molar-refractivity contribution in [1.82, 2.24) is 14.6 Å². The lowest BCUT2D eigenvalue weighted by atomic mass is 10.2. The largest absolute Gasteiger partial charge is 0.490 e. The van der Waals surface area contributed by atoms with Gasteiger partial charge in [-0.25, -0.2) is 0 Å². The molecular formula is C18H18N4O3. The molecule has 0 spiro atoms. The van der Waals surface area contributed by atoms with E-state index in [4.69, 9.17) is 9.47 Å². The second-order valence-electron chi connectivity index (χ2n) is 5.91. The summed E-state index contributed by atoms with van der Waals surface area (Å²) in [5, 5.41) is 10.6. The highest BCUT2D eigenvalue weighted by atomic mass is 16.5. The highest BCUT2D eigenvalue weighted by molar-refractivity contribution is 6.06. The van der Waals surface area contributed by atoms with Crippen molar-refractivity contribution in [1.29, 1.82) is 0 Å². The second kappa shape index (κ2) is 6.90. The predicted octanol–water partition coefficient (Wildman–Crippen LogP) is 2.54. The lowest BCUT2D eigenvalue weighted by Crippen LogP contribution is -2.19. The minimum Gasteiger partial charge on any atom is -0.490 e. The molecule has 1 saturated heterocycles. The molecule has 1 aliphatic rings. The Kier molecular flexibility index (Phi) is 4.30. The number of nitrogens with one attached hydrogen (secondary N) is 1. The van der Waals surface area contributed by atoms with Crippen LogP contribution in [0.3, 0.4) is 0 Å². The lowest BCUT2D eigenvalue weighted by Gasteiger charge is -2.14. The molecule has 1 aliphatic heterocycles. The Labute approximate surface area is 144 Å². The lowest BCUT2D eigenvalue weighted by molar-refractivity contribution is 0.0673. The fraction of sp³-hybridized carbons (Fsp3) is 0.278. The van der Waals surface area contributed by atoms with Crippen LogP contribution >= 0.6 is 0 Å². The van der Waals surface area contributed by atoms with Gasteiger partial charge in [0, 0.05) is 12.8 Å². The van der Waals surface area contributed by atoms with Crippen LogP contribution in [0, 0.1) is 0 Å². The molecular weight excluding hydrogens is 320 g/mol. The number of amides is 1. The van der Waals surface area contributed by atoms with Gasteiger partial charge in [-0.3, -0.25) is 9.20 Å². The van der Waals surface area contributed by atoms with Crippen LogP contribution in [0.15, 0.2) is 48.9 Å². The molecule has 128 valence electrons. The maximum Gasteiger partial charge on any atom is 0.259 e. The molecule has 0 aliphatic carbocycles. The number of anilines is 1. The number of ether oxygens (including phenoxy) is 2. The molecule has 7 nitrogen and oxygen atoms in total. The number of nitrogens with zero attached hydrogens (tertiary/aromatic N) is 3. The Morgan fingerprint density at radius 1 is 1.32 bits per heavy atom. The van der Waals surface area contributed by atoms with Gasteiger partial charge in [-0.2, -0.15) is 0 Å². The van der Waals surface area contributed by atoms with Crippen LogP contribution in [0.25, 0.3) is 5.65 Å². The number of carbonyl (C=O) groups is 1. The third kappa shape index (κ3) is 3.46. The zero-order valence-corrected chi connectivity index (χ0v) is 13.6. The van der Waals surface area contributed by atoms with Crippen LogP contribution in [0.4, 0.5) is 5.69 Å². The number of carbonyl (C=O) groups excluding carboxylic acids is 1. The first-order chi connectivity index (χ1) is 12.3. The standard InChI is InChI=1S/C18H18N4O3/c23-18(20-13-7-8-17-21-19-12-22(17)10-13)15-5-1-2-6-16(15)25-11-14-4-3-9-24-14/h1-2,5-8,10,12,14H,3-4,9,11H2,(H,20,23). The van der Waals surface area contributed by atoms with Crippen molar-refractivity contribution in [3.8, 4) is 5.75 Å². The highest BCUT2D eigenvalue weighted by Crippen LogP contribution is 2.22. The van der Waals surface area contributed by atoms with Crippen molar-refractivity contribution in [2.24, 2.45) is 0 Å². The van der Waals surface area contributed by atoms with Crippen molar-refractivity contribution >= 4 is 17.2 Å². The summed E-state index contributed by atoms with van der Waals surface area (Å²) in [5.41, 5.74) is 1.87. The van der Waals surface area contributed by atoms with Crippen molar-refractivity contribution in [2.45, 2.75) is 18.9 Å². The molecule has 4 rings (SSSR count). The second-order valence-corrected chi connectivity index (χ2v) is 5.91. The van der Waals surface area contributed by atoms with E-state index in [-0.39, 0.29) is 12.0 Å². The van der Waals surface area contributed by atoms with Gasteiger partial charge in [0.15, 0.2) is 5.65 Å². The number of fused-ring (bicyclic) bond motifs is 1. The summed E-state index contributed by atoms with van der Waals surface area (Å²) < 4.78 is 13.1. The van der Waals surface area contributed by atoms with Crippen molar-refractivity contribution < 1.29 is 14.3 Å². The van der Waals surface area contributed by atoms with E-state index in [9.17, 15) is 4.79 Å². The van der Waals surface area contributed by atoms with Gasteiger partial charge in [-0.05, 0) is 37.1 Å². The van der Waals surface area contributed by atoms with Crippen LogP contribution in [0.5, 0.6) is 5.75 Å². The molecule has 25 heavy (non-hydrogen) atoms. The molecule has 1 aromatic carbocycles. The molecule has 1 fully saturated rings. The number of aromatic nitrogens is 3. The van der Waals surface area contributed by atoms with Gasteiger partial charge in [0.1, 0.15) is 18.7 Å². The SMILES string of the molecule is O=C(Nc1ccc2nncn2c1)c1ccccc1OCC1CCCO1. The molecule has 1 atom stereocenters. The Balaban J connectivity index is 1.48. The van der Waals surface area contributed by atoms with E-state index >= 15 is 0 Å². The minimum atomic E-state index is -0.227. The fourth-order valence-electron chi connectivity index (χ4n) is 2.84. The third-order valence-corrected chi connectivity index (χ3v) is 4.13. The summed E-state index contributed by atoms with van der Waals surface area (Å²) in [4.78, 5) is 12.6. The number of para-hydroxylation sites is 1. The summed E-state index contributed by atoms with van der Waals surface area (Å²) in [6.45, 7) is 1.23. The predicted molar refractivity (Wildman–Crippen MR) is 91.9 cm³/mol. The average Bonchev–Trinajstić information content (AvgIpc) is 3.31. The monoisotopic (exact) mass is 338 g/mol. The van der Waals surface area contributed by atoms with Gasteiger partial charge in [0.2, 0.25) is 0 Å². The molecule has 3 aromatic rings. The van der Waals surface area contributed by atoms with E-state index in [2.05, 4.69) is 15.5 Å². The summed E-state index contributed by atoms with van der Waals surface area (Å²) in [6, 6.07) is 10.8. The van der Waals surface area contributed by atoms with E-state index in [0.29, 0.717) is 23.6 Å². The smallest absolute Gasteiger partial charge is 0.259 e. The number of benzene rings is 1. The Bertz CT molecular complexity index is 887. The van der Waals surface area contributed by atoms with Crippen molar-refractivity contribution in [3.63, 3.8) is 0 Å². The Morgan fingerprint density at radius 3 is 3.12 bits per heavy atom. The molecule has 1 unspecified atom stereocenters. The van der Waals surface area contributed by atoms with Gasteiger partial charge < -0.3 is 14.8 Å². The number of pyridine rings is 1. The van der Waals surface area contributed by atoms with Crippen LogP contribution in [-0.4, -0.2) is 39.8 Å². The number of hydrogen-bond acceptors (Lipinski definition) is 5. The molecule has 1 amide bonds. The van der Waals surface area contributed by atoms with Gasteiger partial charge in [-0.15, -0.1) is 10.2 Å². The zero-order valence-electron chi connectivity index (χ0n) is 13.6. The van der Waals surface area contributed by atoms with Gasteiger partial charge in [0.25, 0.3) is 5.91 Å². The first-order valence-electron chi connectivity index (χ1n) is 8.24. The van der Waals surface area contributed by atoms with Crippen LogP contribution in [0.2, 0.25) is 0 Å². The maximum atomic E-state index is 12.6. The third-order valence-electron chi connectivity index (χ3n) is 4.13. The van der Waals surface area contributed by atoms with E-state index in [0.717, 1.165) is 25.1 Å². The molecule has 3 heterocycles. The summed E-state index contributed by atoms with van der Waals surface area (Å²) >= 11 is 0. The maximum absolute atomic E-state index is 12.6. The first kappa shape index (κ1) is 15.6. The number of hydrogen-bond donors (Lipinski definition) is 1. The van der Waals surface area contributed by atoms with Gasteiger partial charge >= 0.3 is 0 Å². The van der Waals surface area contributed by atoms with Crippen molar-refractivity contribution in [3.05, 3.63) is 54.5 Å². The molecule has 7 heteroatoms. The fourth-order valence-corrected chi connectivity index (χ4v) is 2.84. The van der Waals surface area contributed by atoms with Crippen LogP contribution in [0.1, 0.15) is 23.2 Å². The zero-order chi connectivity index (χ0) is 17.1. The molecule has 0 radical (unpaired) electrons. The van der Waals surface area contributed by atoms with Crippen LogP contribution in [-0.2, 0) is 4.74 Å². The molecule has 0 bridgehead atoms. The Morgan fingerprint density at radius 2 is 2.24 bits per heavy atom. The molecule has 2 aromatic heterocycles. The van der Waals surface area contributed by atoms with E-state index in [1.54, 1.807) is 41.2 Å². The topological polar surface area (TPSA) is 77.8 Å². The van der Waals surface area contributed by atoms with Crippen LogP contribution < -0.4 is 10.1 Å². The normalized spacial score (nSPS) is 16.9. The summed E-state index contributed by atoms with van der Waals surface area (Å²) in [5.74, 6) is 0.330. The van der Waals surface area contributed by atoms with E-state index in [1.807, 2.05) is 12.1 Å². The number of rotatable bonds is 5. The summed E-state index contributed by atoms with van der Waals surface area (Å²) in [7, 11) is 0. The molecule has 1 N–H and O–H groups in total. The minimum absolute atomic E-state index is 0.104. The van der Waals surface area contributed by atoms with Gasteiger partial charge in [0.05, 0.1) is 17.4 Å². The average molecular weight is 338 g/mol. The quantitative estimate of drug-likeness (QED) is 0.773. The van der Waals surface area contributed by atoms with Gasteiger partial charge in [-0.1, -0.05) is 12.1 Å². The molecule has 0 saturated carbocycles. The van der Waals surface area contributed by atoms with Crippen molar-refractivity contribution in [2.75, 3.05) is 18.5 Å². The van der Waals surface area contributed by atoms with E-state index in [1.165, 1.54) is 0 Å².